The van der Waals surface area contributed by atoms with E-state index >= 15 is 0 Å². The van der Waals surface area contributed by atoms with Crippen molar-refractivity contribution in [3.63, 3.8) is 0 Å². The number of halogens is 4. The minimum atomic E-state index is -4.48. The minimum absolute atomic E-state index is 0.0861. The standard InChI is InChI=1S/C26H25ClF3NO/c27-25-22(12-7-13-24(25)26(28,29)30)15-31(14-19-17-32-18-19)16-23(20-8-3-1-4-9-20)21-10-5-2-6-11-21/h1-13,19,23H,14-18H2. The second-order valence-corrected chi connectivity index (χ2v) is 8.63. The summed E-state index contributed by atoms with van der Waals surface area (Å²) in [7, 11) is 0. The second kappa shape index (κ2) is 10.1. The molecule has 32 heavy (non-hydrogen) atoms. The van der Waals surface area contributed by atoms with Crippen LogP contribution in [0.15, 0.2) is 78.9 Å². The first-order chi connectivity index (χ1) is 15.4. The fraction of sp³-hybridized carbons (Fsp3) is 0.308. The lowest BCUT2D eigenvalue weighted by Gasteiger charge is -2.35. The lowest BCUT2D eigenvalue weighted by molar-refractivity contribution is -0.137. The molecule has 0 N–H and O–H groups in total. The molecule has 2 nitrogen and oxygen atoms in total. The third-order valence-corrected chi connectivity index (χ3v) is 6.29. The van der Waals surface area contributed by atoms with Gasteiger partial charge in [-0.1, -0.05) is 84.4 Å². The molecule has 4 rings (SSSR count). The van der Waals surface area contributed by atoms with Crippen molar-refractivity contribution in [1.29, 1.82) is 0 Å². The van der Waals surface area contributed by atoms with Crippen molar-refractivity contribution < 1.29 is 17.9 Å². The van der Waals surface area contributed by atoms with Crippen LogP contribution in [0.3, 0.4) is 0 Å². The Hall–Kier alpha value is -2.34. The molecule has 0 spiro atoms. The molecule has 0 atom stereocenters. The average molecular weight is 460 g/mol. The van der Waals surface area contributed by atoms with E-state index in [0.29, 0.717) is 37.8 Å². The first-order valence-corrected chi connectivity index (χ1v) is 11.0. The van der Waals surface area contributed by atoms with Crippen molar-refractivity contribution >= 4 is 11.6 Å². The summed E-state index contributed by atoms with van der Waals surface area (Å²) < 4.78 is 45.5. The largest absolute Gasteiger partial charge is 0.417 e. The predicted molar refractivity (Wildman–Crippen MR) is 121 cm³/mol. The van der Waals surface area contributed by atoms with Crippen molar-refractivity contribution in [1.82, 2.24) is 4.90 Å². The van der Waals surface area contributed by atoms with Gasteiger partial charge in [-0.05, 0) is 22.8 Å². The Bertz CT molecular complexity index is 967. The van der Waals surface area contributed by atoms with Gasteiger partial charge in [0.25, 0.3) is 0 Å². The molecule has 168 valence electrons. The lowest BCUT2D eigenvalue weighted by Crippen LogP contribution is -2.41. The normalized spacial score (nSPS) is 14.7. The summed E-state index contributed by atoms with van der Waals surface area (Å²) in [5.41, 5.74) is 2.04. The quantitative estimate of drug-likeness (QED) is 0.374. The van der Waals surface area contributed by atoms with Gasteiger partial charge in [0.1, 0.15) is 0 Å². The maximum Gasteiger partial charge on any atom is 0.417 e. The van der Waals surface area contributed by atoms with Crippen LogP contribution in [-0.4, -0.2) is 31.2 Å². The molecule has 1 aliphatic heterocycles. The summed E-state index contributed by atoms with van der Waals surface area (Å²) in [6.07, 6.45) is -4.48. The summed E-state index contributed by atoms with van der Waals surface area (Å²) in [4.78, 5) is 2.21. The van der Waals surface area contributed by atoms with Gasteiger partial charge in [0.15, 0.2) is 0 Å². The Balaban J connectivity index is 1.64. The molecule has 1 heterocycles. The molecule has 3 aromatic carbocycles. The maximum absolute atomic E-state index is 13.4. The Morgan fingerprint density at radius 3 is 1.97 bits per heavy atom. The highest BCUT2D eigenvalue weighted by Crippen LogP contribution is 2.37. The van der Waals surface area contributed by atoms with Crippen LogP contribution in [0.4, 0.5) is 13.2 Å². The van der Waals surface area contributed by atoms with E-state index in [4.69, 9.17) is 16.3 Å². The maximum atomic E-state index is 13.4. The Morgan fingerprint density at radius 2 is 1.47 bits per heavy atom. The molecule has 0 aromatic heterocycles. The molecule has 0 bridgehead atoms. The van der Waals surface area contributed by atoms with Crippen molar-refractivity contribution in [3.05, 3.63) is 106 Å². The van der Waals surface area contributed by atoms with Crippen molar-refractivity contribution in [3.8, 4) is 0 Å². The Morgan fingerprint density at radius 1 is 0.875 bits per heavy atom. The number of hydrogen-bond donors (Lipinski definition) is 0. The third kappa shape index (κ3) is 5.52. The third-order valence-electron chi connectivity index (χ3n) is 5.85. The number of ether oxygens (including phenoxy) is 1. The van der Waals surface area contributed by atoms with Gasteiger partial charge >= 0.3 is 6.18 Å². The topological polar surface area (TPSA) is 12.5 Å². The predicted octanol–water partition coefficient (Wildman–Crippen LogP) is 6.64. The zero-order chi connectivity index (χ0) is 22.6. The van der Waals surface area contributed by atoms with Gasteiger partial charge in [-0.15, -0.1) is 0 Å². The van der Waals surface area contributed by atoms with Gasteiger partial charge in [0, 0.05) is 31.5 Å². The summed E-state index contributed by atoms with van der Waals surface area (Å²) >= 11 is 6.22. The van der Waals surface area contributed by atoms with Crippen LogP contribution >= 0.6 is 11.6 Å². The molecule has 0 radical (unpaired) electrons. The molecular formula is C26H25ClF3NO. The summed E-state index contributed by atoms with van der Waals surface area (Å²) in [5, 5.41) is -0.217. The number of alkyl halides is 3. The molecule has 3 aromatic rings. The first kappa shape index (κ1) is 22.8. The van der Waals surface area contributed by atoms with E-state index in [1.54, 1.807) is 6.07 Å². The fourth-order valence-electron chi connectivity index (χ4n) is 4.15. The first-order valence-electron chi connectivity index (χ1n) is 10.7. The molecular weight excluding hydrogens is 435 g/mol. The van der Waals surface area contributed by atoms with Gasteiger partial charge < -0.3 is 4.74 Å². The molecule has 1 fully saturated rings. The lowest BCUT2D eigenvalue weighted by atomic mass is 9.90. The number of rotatable bonds is 8. The van der Waals surface area contributed by atoms with Gasteiger partial charge in [0.05, 0.1) is 23.8 Å². The number of nitrogens with zero attached hydrogens (tertiary/aromatic N) is 1. The minimum Gasteiger partial charge on any atom is -0.381 e. The summed E-state index contributed by atoms with van der Waals surface area (Å²) in [5.74, 6) is 0.453. The molecule has 1 aliphatic rings. The highest BCUT2D eigenvalue weighted by atomic mass is 35.5. The van der Waals surface area contributed by atoms with Crippen molar-refractivity contribution in [2.75, 3.05) is 26.3 Å². The van der Waals surface area contributed by atoms with E-state index in [-0.39, 0.29) is 10.9 Å². The van der Waals surface area contributed by atoms with Crippen LogP contribution in [0.25, 0.3) is 0 Å². The van der Waals surface area contributed by atoms with Crippen LogP contribution in [0, 0.1) is 5.92 Å². The number of hydrogen-bond acceptors (Lipinski definition) is 2. The molecule has 6 heteroatoms. The SMILES string of the molecule is FC(F)(F)c1cccc(CN(CC2COC2)CC(c2ccccc2)c2ccccc2)c1Cl. The van der Waals surface area contributed by atoms with E-state index in [2.05, 4.69) is 29.2 Å². The smallest absolute Gasteiger partial charge is 0.381 e. The van der Waals surface area contributed by atoms with Crippen molar-refractivity contribution in [2.24, 2.45) is 5.92 Å². The Kier molecular flexibility index (Phi) is 7.19. The van der Waals surface area contributed by atoms with Crippen LogP contribution in [0.1, 0.15) is 28.2 Å². The molecule has 0 aliphatic carbocycles. The fourth-order valence-corrected chi connectivity index (χ4v) is 4.45. The van der Waals surface area contributed by atoms with E-state index in [1.165, 1.54) is 17.2 Å². The zero-order valence-electron chi connectivity index (χ0n) is 17.6. The van der Waals surface area contributed by atoms with Gasteiger partial charge in [-0.3, -0.25) is 4.90 Å². The summed E-state index contributed by atoms with van der Waals surface area (Å²) in [6, 6.07) is 24.6. The second-order valence-electron chi connectivity index (χ2n) is 8.25. The van der Waals surface area contributed by atoms with Crippen LogP contribution in [0.5, 0.6) is 0 Å². The van der Waals surface area contributed by atoms with Crippen LogP contribution < -0.4 is 0 Å². The van der Waals surface area contributed by atoms with E-state index in [9.17, 15) is 13.2 Å². The number of benzene rings is 3. The zero-order valence-corrected chi connectivity index (χ0v) is 18.3. The summed E-state index contributed by atoms with van der Waals surface area (Å²) in [6.45, 7) is 3.09. The average Bonchev–Trinajstić information content (AvgIpc) is 2.76. The molecule has 0 unspecified atom stereocenters. The van der Waals surface area contributed by atoms with Gasteiger partial charge in [-0.25, -0.2) is 0 Å². The van der Waals surface area contributed by atoms with Gasteiger partial charge in [-0.2, -0.15) is 13.2 Å². The molecule has 0 saturated carbocycles. The van der Waals surface area contributed by atoms with E-state index in [0.717, 1.165) is 12.6 Å². The molecule has 0 amide bonds. The molecule has 1 saturated heterocycles. The van der Waals surface area contributed by atoms with Crippen molar-refractivity contribution in [2.45, 2.75) is 18.6 Å². The Labute approximate surface area is 191 Å². The van der Waals surface area contributed by atoms with Crippen LogP contribution in [-0.2, 0) is 17.5 Å². The van der Waals surface area contributed by atoms with Crippen LogP contribution in [0.2, 0.25) is 5.02 Å². The highest BCUT2D eigenvalue weighted by Gasteiger charge is 2.34. The monoisotopic (exact) mass is 459 g/mol. The highest BCUT2D eigenvalue weighted by molar-refractivity contribution is 6.32. The van der Waals surface area contributed by atoms with E-state index in [1.807, 2.05) is 36.4 Å². The van der Waals surface area contributed by atoms with E-state index < -0.39 is 11.7 Å². The van der Waals surface area contributed by atoms with Gasteiger partial charge in [0.2, 0.25) is 0 Å².